The lowest BCUT2D eigenvalue weighted by Crippen LogP contribution is -2.40. The molecule has 1 fully saturated rings. The van der Waals surface area contributed by atoms with E-state index in [9.17, 15) is 23.6 Å². The molecular weight excluding hydrogens is 504 g/mol. The minimum atomic E-state index is -0.990. The molecule has 0 atom stereocenters. The van der Waals surface area contributed by atoms with Crippen molar-refractivity contribution in [2.24, 2.45) is 5.73 Å². The van der Waals surface area contributed by atoms with Crippen molar-refractivity contribution < 1.29 is 13.6 Å². The highest BCUT2D eigenvalue weighted by Gasteiger charge is 2.22. The number of nitriles is 1. The summed E-state index contributed by atoms with van der Waals surface area (Å²) in [6.07, 6.45) is 4.67. The molecule has 0 unspecified atom stereocenters. The lowest BCUT2D eigenvalue weighted by atomic mass is 9.99. The number of amides is 1. The van der Waals surface area contributed by atoms with E-state index in [1.807, 2.05) is 6.07 Å². The number of hydrogen-bond donors (Lipinski definition) is 2. The first-order chi connectivity index (χ1) is 18.9. The lowest BCUT2D eigenvalue weighted by Gasteiger charge is -2.33. The number of halogens is 2. The van der Waals surface area contributed by atoms with Gasteiger partial charge in [-0.05, 0) is 54.8 Å². The number of anilines is 2. The maximum Gasteiger partial charge on any atom is 0.276 e. The van der Waals surface area contributed by atoms with Crippen LogP contribution in [0, 0.1) is 23.0 Å². The standard InChI is InChI=1S/C28H23F2N7O2/c29-21-2-1-3-22(30)27(21)37-26(38)7-6-24(35-37)28(39)34-23-5-4-17(20-16-33-11-8-18(20)15-31)14-25(23)36-12-9-19(32)10-13-36/h1-8,11,14,16,19H,9-10,12-13,32H2,(H,34,39). The molecule has 3 N–H and O–H groups in total. The summed E-state index contributed by atoms with van der Waals surface area (Å²) in [6, 6.07) is 14.6. The van der Waals surface area contributed by atoms with Crippen molar-refractivity contribution in [3.8, 4) is 22.9 Å². The van der Waals surface area contributed by atoms with E-state index >= 15 is 0 Å². The Morgan fingerprint density at radius 1 is 1.08 bits per heavy atom. The molecule has 1 aliphatic heterocycles. The van der Waals surface area contributed by atoms with Crippen LogP contribution in [0.3, 0.4) is 0 Å². The van der Waals surface area contributed by atoms with Gasteiger partial charge in [0.15, 0.2) is 11.6 Å². The zero-order chi connectivity index (χ0) is 27.5. The quantitative estimate of drug-likeness (QED) is 0.405. The SMILES string of the molecule is N#Cc1ccncc1-c1ccc(NC(=O)c2ccc(=O)n(-c3c(F)cccc3F)n2)c(N2CCC(N)CC2)c1. The number of nitrogens with two attached hydrogens (primary N) is 1. The summed E-state index contributed by atoms with van der Waals surface area (Å²) in [7, 11) is 0. The number of carbonyl (C=O) groups is 1. The van der Waals surface area contributed by atoms with Crippen molar-refractivity contribution in [1.29, 1.82) is 5.26 Å². The van der Waals surface area contributed by atoms with Crippen LogP contribution in [-0.2, 0) is 0 Å². The number of para-hydroxylation sites is 1. The number of pyridine rings is 1. The van der Waals surface area contributed by atoms with Gasteiger partial charge in [-0.3, -0.25) is 14.6 Å². The lowest BCUT2D eigenvalue weighted by molar-refractivity contribution is 0.102. The van der Waals surface area contributed by atoms with Gasteiger partial charge in [0.25, 0.3) is 11.5 Å². The van der Waals surface area contributed by atoms with Gasteiger partial charge in [-0.1, -0.05) is 12.1 Å². The number of nitrogens with zero attached hydrogens (tertiary/aromatic N) is 5. The molecule has 2 aromatic heterocycles. The minimum Gasteiger partial charge on any atom is -0.370 e. The van der Waals surface area contributed by atoms with Crippen molar-refractivity contribution in [2.45, 2.75) is 18.9 Å². The molecular formula is C28H23F2N7O2. The van der Waals surface area contributed by atoms with Crippen LogP contribution < -0.4 is 21.5 Å². The van der Waals surface area contributed by atoms with Gasteiger partial charge < -0.3 is 16.0 Å². The van der Waals surface area contributed by atoms with Crippen molar-refractivity contribution in [1.82, 2.24) is 14.8 Å². The highest BCUT2D eigenvalue weighted by Crippen LogP contribution is 2.34. The number of carbonyl (C=O) groups excluding carboxylic acids is 1. The Bertz CT molecular complexity index is 1640. The van der Waals surface area contributed by atoms with Gasteiger partial charge >= 0.3 is 0 Å². The van der Waals surface area contributed by atoms with E-state index in [1.165, 1.54) is 12.1 Å². The monoisotopic (exact) mass is 527 g/mol. The smallest absolute Gasteiger partial charge is 0.276 e. The van der Waals surface area contributed by atoms with Gasteiger partial charge in [0, 0.05) is 43.2 Å². The molecule has 11 heteroatoms. The second-order valence-corrected chi connectivity index (χ2v) is 9.08. The number of benzene rings is 2. The van der Waals surface area contributed by atoms with Crippen molar-refractivity contribution in [3.63, 3.8) is 0 Å². The molecule has 5 rings (SSSR count). The first kappa shape index (κ1) is 25.7. The number of rotatable bonds is 5. The van der Waals surface area contributed by atoms with E-state index < -0.39 is 28.8 Å². The summed E-state index contributed by atoms with van der Waals surface area (Å²) in [5, 5.41) is 16.3. The predicted molar refractivity (Wildman–Crippen MR) is 142 cm³/mol. The Balaban J connectivity index is 1.52. The molecule has 1 saturated heterocycles. The molecule has 0 saturated carbocycles. The Labute approximate surface area is 222 Å². The van der Waals surface area contributed by atoms with E-state index in [4.69, 9.17) is 5.73 Å². The van der Waals surface area contributed by atoms with Gasteiger partial charge in [0.1, 0.15) is 11.4 Å². The second kappa shape index (κ2) is 10.8. The predicted octanol–water partition coefficient (Wildman–Crippen LogP) is 3.62. The van der Waals surface area contributed by atoms with Crippen molar-refractivity contribution in [3.05, 3.63) is 100 Å². The number of piperidine rings is 1. The van der Waals surface area contributed by atoms with Crippen LogP contribution in [0.25, 0.3) is 16.8 Å². The number of aromatic nitrogens is 3. The van der Waals surface area contributed by atoms with E-state index in [1.54, 1.807) is 30.6 Å². The van der Waals surface area contributed by atoms with E-state index in [2.05, 4.69) is 26.4 Å². The topological polar surface area (TPSA) is 130 Å². The van der Waals surface area contributed by atoms with Crippen LogP contribution in [0.15, 0.2) is 71.8 Å². The first-order valence-electron chi connectivity index (χ1n) is 12.2. The third-order valence-corrected chi connectivity index (χ3v) is 6.56. The molecule has 196 valence electrons. The molecule has 4 aromatic rings. The molecule has 39 heavy (non-hydrogen) atoms. The van der Waals surface area contributed by atoms with Gasteiger partial charge in [0.05, 0.1) is 23.0 Å². The highest BCUT2D eigenvalue weighted by atomic mass is 19.1. The molecule has 9 nitrogen and oxygen atoms in total. The summed E-state index contributed by atoms with van der Waals surface area (Å²) in [6.45, 7) is 1.31. The van der Waals surface area contributed by atoms with Crippen LogP contribution >= 0.6 is 0 Å². The normalized spacial score (nSPS) is 13.6. The van der Waals surface area contributed by atoms with Gasteiger partial charge in [0.2, 0.25) is 0 Å². The summed E-state index contributed by atoms with van der Waals surface area (Å²) >= 11 is 0. The Morgan fingerprint density at radius 3 is 2.54 bits per heavy atom. The van der Waals surface area contributed by atoms with E-state index in [0.29, 0.717) is 40.3 Å². The minimum absolute atomic E-state index is 0.0787. The van der Waals surface area contributed by atoms with Crippen LogP contribution in [0.1, 0.15) is 28.9 Å². The van der Waals surface area contributed by atoms with Gasteiger partial charge in [-0.25, -0.2) is 8.78 Å². The van der Waals surface area contributed by atoms with Crippen molar-refractivity contribution in [2.75, 3.05) is 23.3 Å². The fraction of sp³-hybridized carbons (Fsp3) is 0.179. The maximum atomic E-state index is 14.3. The Morgan fingerprint density at radius 2 is 1.82 bits per heavy atom. The van der Waals surface area contributed by atoms with Gasteiger partial charge in [-0.15, -0.1) is 0 Å². The Hall–Kier alpha value is -4.95. The number of hydrogen-bond acceptors (Lipinski definition) is 7. The Kier molecular flexibility index (Phi) is 7.12. The molecule has 0 bridgehead atoms. The fourth-order valence-corrected chi connectivity index (χ4v) is 4.50. The third-order valence-electron chi connectivity index (χ3n) is 6.56. The molecule has 2 aromatic carbocycles. The van der Waals surface area contributed by atoms with Crippen molar-refractivity contribution >= 4 is 17.3 Å². The molecule has 0 spiro atoms. The molecule has 1 amide bonds. The van der Waals surface area contributed by atoms with Crippen LogP contribution in [-0.4, -0.2) is 39.8 Å². The van der Waals surface area contributed by atoms with Crippen LogP contribution in [0.4, 0.5) is 20.2 Å². The molecule has 3 heterocycles. The van der Waals surface area contributed by atoms with E-state index in [-0.39, 0.29) is 11.7 Å². The molecule has 0 radical (unpaired) electrons. The zero-order valence-corrected chi connectivity index (χ0v) is 20.6. The summed E-state index contributed by atoms with van der Waals surface area (Å²) in [5.74, 6) is -2.66. The summed E-state index contributed by atoms with van der Waals surface area (Å²) in [4.78, 5) is 31.8. The second-order valence-electron chi connectivity index (χ2n) is 9.08. The zero-order valence-electron chi connectivity index (χ0n) is 20.6. The van der Waals surface area contributed by atoms with Crippen LogP contribution in [0.2, 0.25) is 0 Å². The fourth-order valence-electron chi connectivity index (χ4n) is 4.50. The first-order valence-corrected chi connectivity index (χ1v) is 12.2. The van der Waals surface area contributed by atoms with E-state index in [0.717, 1.165) is 36.6 Å². The summed E-state index contributed by atoms with van der Waals surface area (Å²) in [5.41, 5.74) is 7.42. The third kappa shape index (κ3) is 5.23. The summed E-state index contributed by atoms with van der Waals surface area (Å²) < 4.78 is 29.2. The van der Waals surface area contributed by atoms with Gasteiger partial charge in [-0.2, -0.15) is 15.0 Å². The highest BCUT2D eigenvalue weighted by molar-refractivity contribution is 6.05. The molecule has 1 aliphatic rings. The van der Waals surface area contributed by atoms with Crippen LogP contribution in [0.5, 0.6) is 0 Å². The molecule has 0 aliphatic carbocycles. The number of nitrogens with one attached hydrogen (secondary N) is 1. The maximum absolute atomic E-state index is 14.3. The largest absolute Gasteiger partial charge is 0.370 e. The average Bonchev–Trinajstić information content (AvgIpc) is 2.94. The average molecular weight is 528 g/mol.